The van der Waals surface area contributed by atoms with Gasteiger partial charge in [0.1, 0.15) is 5.65 Å². The lowest BCUT2D eigenvalue weighted by Gasteiger charge is -2.24. The van der Waals surface area contributed by atoms with Gasteiger partial charge in [-0.05, 0) is 42.8 Å². The van der Waals surface area contributed by atoms with Gasteiger partial charge in [-0.2, -0.15) is 0 Å². The molecular weight excluding hydrogens is 282 g/mol. The molecule has 0 unspecified atom stereocenters. The number of carbonyl (C=O) groups excluding carboxylic acids is 1. The van der Waals surface area contributed by atoms with E-state index in [2.05, 4.69) is 20.5 Å². The zero-order chi connectivity index (χ0) is 15.3. The van der Waals surface area contributed by atoms with Crippen molar-refractivity contribution in [1.82, 2.24) is 29.6 Å². The van der Waals surface area contributed by atoms with Crippen LogP contribution in [-0.2, 0) is 6.54 Å². The van der Waals surface area contributed by atoms with E-state index < -0.39 is 0 Å². The van der Waals surface area contributed by atoms with Crippen molar-refractivity contribution in [3.63, 3.8) is 0 Å². The highest BCUT2D eigenvalue weighted by atomic mass is 16.2. The molecular formula is C14H15N7O. The maximum Gasteiger partial charge on any atom is 0.264 e. The fourth-order valence-corrected chi connectivity index (χ4v) is 2.92. The summed E-state index contributed by atoms with van der Waals surface area (Å²) in [5, 5.41) is 11.5. The third-order valence-electron chi connectivity index (χ3n) is 3.92. The molecule has 4 heterocycles. The highest BCUT2D eigenvalue weighted by Crippen LogP contribution is 2.21. The number of rotatable bonds is 1. The number of carbonyl (C=O) groups is 1. The third kappa shape index (κ3) is 1.80. The van der Waals surface area contributed by atoms with Crippen LogP contribution in [0.1, 0.15) is 28.2 Å². The van der Waals surface area contributed by atoms with Crippen molar-refractivity contribution < 1.29 is 4.79 Å². The lowest BCUT2D eigenvalue weighted by molar-refractivity contribution is 0.0982. The number of tetrazole rings is 1. The number of aromatic nitrogens is 6. The number of hydrogen-bond acceptors (Lipinski definition) is 5. The van der Waals surface area contributed by atoms with Crippen LogP contribution in [0.3, 0.4) is 0 Å². The average Bonchev–Trinajstić information content (AvgIpc) is 3.12. The zero-order valence-corrected chi connectivity index (χ0v) is 12.4. The van der Waals surface area contributed by atoms with E-state index in [1.807, 2.05) is 30.5 Å². The zero-order valence-electron chi connectivity index (χ0n) is 12.4. The van der Waals surface area contributed by atoms with Crippen LogP contribution in [0.2, 0.25) is 0 Å². The highest BCUT2D eigenvalue weighted by Gasteiger charge is 2.28. The molecule has 0 spiro atoms. The second kappa shape index (κ2) is 4.62. The van der Waals surface area contributed by atoms with E-state index >= 15 is 0 Å². The minimum absolute atomic E-state index is 0.115. The minimum atomic E-state index is -0.115. The lowest BCUT2D eigenvalue weighted by Crippen LogP contribution is -2.38. The molecule has 8 nitrogen and oxygen atoms in total. The fraction of sp³-hybridized carbons (Fsp3) is 0.357. The Hall–Kier alpha value is -2.77. The van der Waals surface area contributed by atoms with E-state index in [4.69, 9.17) is 0 Å². The van der Waals surface area contributed by atoms with Gasteiger partial charge in [-0.15, -0.1) is 0 Å². The Bertz CT molecular complexity index is 879. The molecule has 0 aromatic carbocycles. The minimum Gasteiger partial charge on any atom is -0.305 e. The van der Waals surface area contributed by atoms with Crippen LogP contribution >= 0.6 is 0 Å². The van der Waals surface area contributed by atoms with E-state index in [1.165, 1.54) is 0 Å². The van der Waals surface area contributed by atoms with Crippen molar-refractivity contribution in [2.45, 2.75) is 26.8 Å². The standard InChI is InChI=1S/C14H15N7O/c1-9-8-10(2)19-7-4-11(12(19)15-9)13(22)20-5-3-6-21-14(20)16-17-18-21/h4,7-8H,3,5-6H2,1-2H3. The predicted octanol–water partition coefficient (Wildman–Crippen LogP) is 0.988. The first kappa shape index (κ1) is 12.9. The maximum atomic E-state index is 12.9. The largest absolute Gasteiger partial charge is 0.305 e. The first-order valence-corrected chi connectivity index (χ1v) is 7.18. The Morgan fingerprint density at radius 2 is 2.14 bits per heavy atom. The number of hydrogen-bond donors (Lipinski definition) is 0. The molecule has 1 amide bonds. The van der Waals surface area contributed by atoms with Gasteiger partial charge >= 0.3 is 0 Å². The molecule has 0 bridgehead atoms. The van der Waals surface area contributed by atoms with Crippen molar-refractivity contribution in [3.8, 4) is 0 Å². The fourth-order valence-electron chi connectivity index (χ4n) is 2.92. The van der Waals surface area contributed by atoms with Gasteiger partial charge in [0.05, 0.1) is 5.56 Å². The quantitative estimate of drug-likeness (QED) is 0.669. The summed E-state index contributed by atoms with van der Waals surface area (Å²) in [6, 6.07) is 3.79. The van der Waals surface area contributed by atoms with Crippen LogP contribution in [0.5, 0.6) is 0 Å². The third-order valence-corrected chi connectivity index (χ3v) is 3.92. The molecule has 0 N–H and O–H groups in total. The summed E-state index contributed by atoms with van der Waals surface area (Å²) in [5.74, 6) is 0.385. The van der Waals surface area contributed by atoms with Crippen LogP contribution in [-0.4, -0.2) is 42.0 Å². The molecule has 22 heavy (non-hydrogen) atoms. The van der Waals surface area contributed by atoms with Gasteiger partial charge < -0.3 is 4.40 Å². The summed E-state index contributed by atoms with van der Waals surface area (Å²) in [4.78, 5) is 19.1. The van der Waals surface area contributed by atoms with E-state index in [-0.39, 0.29) is 5.91 Å². The van der Waals surface area contributed by atoms with Crippen molar-refractivity contribution in [2.24, 2.45) is 0 Å². The summed E-state index contributed by atoms with van der Waals surface area (Å²) in [6.45, 7) is 5.27. The number of nitrogens with zero attached hydrogens (tertiary/aromatic N) is 7. The molecule has 0 atom stereocenters. The van der Waals surface area contributed by atoms with Crippen LogP contribution in [0.15, 0.2) is 18.3 Å². The molecule has 0 fully saturated rings. The Kier molecular flexibility index (Phi) is 2.72. The summed E-state index contributed by atoms with van der Waals surface area (Å²) in [5.41, 5.74) is 3.18. The van der Waals surface area contributed by atoms with Crippen molar-refractivity contribution in [1.29, 1.82) is 0 Å². The van der Waals surface area contributed by atoms with E-state index in [1.54, 1.807) is 15.6 Å². The SMILES string of the molecule is Cc1cc(C)n2ccc(C(=O)N3CCCn4nnnc43)c2n1. The van der Waals surface area contributed by atoms with Crippen LogP contribution in [0.25, 0.3) is 5.65 Å². The van der Waals surface area contributed by atoms with Gasteiger partial charge in [-0.3, -0.25) is 9.69 Å². The molecule has 0 radical (unpaired) electrons. The topological polar surface area (TPSA) is 81.2 Å². The molecule has 1 aliphatic rings. The second-order valence-electron chi connectivity index (χ2n) is 5.47. The molecule has 3 aromatic heterocycles. The summed E-state index contributed by atoms with van der Waals surface area (Å²) < 4.78 is 3.58. The first-order chi connectivity index (χ1) is 10.6. The van der Waals surface area contributed by atoms with Gasteiger partial charge in [0.2, 0.25) is 0 Å². The van der Waals surface area contributed by atoms with Crippen LogP contribution in [0, 0.1) is 13.8 Å². The molecule has 1 aliphatic heterocycles. The predicted molar refractivity (Wildman–Crippen MR) is 78.8 cm³/mol. The highest BCUT2D eigenvalue weighted by molar-refractivity contribution is 6.09. The summed E-state index contributed by atoms with van der Waals surface area (Å²) in [6.07, 6.45) is 2.71. The molecule has 112 valence electrons. The number of anilines is 1. The van der Waals surface area contributed by atoms with Crippen LogP contribution in [0.4, 0.5) is 5.95 Å². The monoisotopic (exact) mass is 297 g/mol. The Labute approximate surface area is 126 Å². The Balaban J connectivity index is 1.82. The number of amides is 1. The van der Waals surface area contributed by atoms with Crippen molar-refractivity contribution in [3.05, 3.63) is 35.3 Å². The summed E-state index contributed by atoms with van der Waals surface area (Å²) >= 11 is 0. The molecule has 3 aromatic rings. The normalized spacial score (nSPS) is 14.4. The van der Waals surface area contributed by atoms with Crippen molar-refractivity contribution in [2.75, 3.05) is 11.4 Å². The molecule has 8 heteroatoms. The number of aryl methyl sites for hydroxylation is 3. The first-order valence-electron chi connectivity index (χ1n) is 7.18. The van der Waals surface area contributed by atoms with Gasteiger partial charge in [-0.1, -0.05) is 5.10 Å². The smallest absolute Gasteiger partial charge is 0.264 e. The lowest BCUT2D eigenvalue weighted by atomic mass is 10.2. The Morgan fingerprint density at radius 1 is 1.27 bits per heavy atom. The van der Waals surface area contributed by atoms with Gasteiger partial charge in [0, 0.05) is 30.7 Å². The van der Waals surface area contributed by atoms with Gasteiger partial charge in [-0.25, -0.2) is 9.67 Å². The van der Waals surface area contributed by atoms with Crippen LogP contribution < -0.4 is 4.90 Å². The van der Waals surface area contributed by atoms with Gasteiger partial charge in [0.15, 0.2) is 0 Å². The summed E-state index contributed by atoms with van der Waals surface area (Å²) in [7, 11) is 0. The van der Waals surface area contributed by atoms with Gasteiger partial charge in [0.25, 0.3) is 11.9 Å². The Morgan fingerprint density at radius 3 is 3.00 bits per heavy atom. The average molecular weight is 297 g/mol. The molecule has 4 rings (SSSR count). The number of fused-ring (bicyclic) bond motifs is 2. The van der Waals surface area contributed by atoms with E-state index in [0.29, 0.717) is 23.7 Å². The molecule has 0 saturated carbocycles. The van der Waals surface area contributed by atoms with E-state index in [9.17, 15) is 4.79 Å². The maximum absolute atomic E-state index is 12.9. The second-order valence-corrected chi connectivity index (χ2v) is 5.47. The molecule has 0 aliphatic carbocycles. The van der Waals surface area contributed by atoms with Crippen molar-refractivity contribution >= 4 is 17.5 Å². The molecule has 0 saturated heterocycles. The van der Waals surface area contributed by atoms with E-state index in [0.717, 1.165) is 24.4 Å².